The zero-order valence-corrected chi connectivity index (χ0v) is 14.2. The van der Waals surface area contributed by atoms with Gasteiger partial charge >= 0.3 is 0 Å². The van der Waals surface area contributed by atoms with Crippen LogP contribution in [-0.2, 0) is 21.2 Å². The van der Waals surface area contributed by atoms with Crippen LogP contribution in [0.25, 0.3) is 0 Å². The second-order valence-corrected chi connectivity index (χ2v) is 7.13. The van der Waals surface area contributed by atoms with Crippen LogP contribution in [0.15, 0.2) is 59.5 Å². The van der Waals surface area contributed by atoms with Gasteiger partial charge in [-0.1, -0.05) is 42.5 Å². The van der Waals surface area contributed by atoms with Crippen molar-refractivity contribution in [3.05, 3.63) is 65.7 Å². The molecule has 2 aromatic carbocycles. The van der Waals surface area contributed by atoms with E-state index in [0.29, 0.717) is 12.8 Å². The van der Waals surface area contributed by atoms with E-state index in [9.17, 15) is 18.0 Å². The average molecular weight is 345 g/mol. The van der Waals surface area contributed by atoms with E-state index < -0.39 is 15.9 Å². The third-order valence-electron chi connectivity index (χ3n) is 3.51. The Hall–Kier alpha value is -2.47. The van der Waals surface area contributed by atoms with Gasteiger partial charge in [-0.05, 0) is 37.5 Å². The topological polar surface area (TPSA) is 80.3 Å². The summed E-state index contributed by atoms with van der Waals surface area (Å²) >= 11 is 0. The van der Waals surface area contributed by atoms with Gasteiger partial charge in [0.2, 0.25) is 5.91 Å². The number of benzene rings is 2. The molecule has 0 aliphatic carbocycles. The quantitative estimate of drug-likeness (QED) is 0.783. The van der Waals surface area contributed by atoms with Gasteiger partial charge < -0.3 is 0 Å². The maximum atomic E-state index is 12.2. The number of ketones is 1. The second-order valence-electron chi connectivity index (χ2n) is 5.45. The van der Waals surface area contributed by atoms with E-state index in [0.717, 1.165) is 5.56 Å². The van der Waals surface area contributed by atoms with Crippen molar-refractivity contribution in [3.63, 3.8) is 0 Å². The standard InChI is InChI=1S/C18H19NO4S/c1-14(20)16-10-6-11-17(13-16)24(22,23)19-18(21)12-5-9-15-7-3-2-4-8-15/h2-4,6-8,10-11,13H,5,9,12H2,1H3,(H,19,21). The van der Waals surface area contributed by atoms with E-state index in [1.165, 1.54) is 31.2 Å². The molecule has 2 rings (SSSR count). The molecule has 5 nitrogen and oxygen atoms in total. The number of aryl methyl sites for hydroxylation is 1. The molecule has 1 amide bonds. The number of hydrogen-bond acceptors (Lipinski definition) is 4. The van der Waals surface area contributed by atoms with Crippen LogP contribution in [-0.4, -0.2) is 20.1 Å². The lowest BCUT2D eigenvalue weighted by atomic mass is 10.1. The van der Waals surface area contributed by atoms with E-state index >= 15 is 0 Å². The van der Waals surface area contributed by atoms with Crippen LogP contribution in [0, 0.1) is 0 Å². The Morgan fingerprint density at radius 1 is 1.00 bits per heavy atom. The van der Waals surface area contributed by atoms with Gasteiger partial charge in [0.15, 0.2) is 5.78 Å². The predicted octanol–water partition coefficient (Wildman–Crippen LogP) is 2.72. The van der Waals surface area contributed by atoms with Gasteiger partial charge in [-0.3, -0.25) is 9.59 Å². The van der Waals surface area contributed by atoms with E-state index in [4.69, 9.17) is 0 Å². The second kappa shape index (κ2) is 7.88. The Bertz CT molecular complexity index is 829. The van der Waals surface area contributed by atoms with Gasteiger partial charge in [0, 0.05) is 12.0 Å². The lowest BCUT2D eigenvalue weighted by Gasteiger charge is -2.08. The Labute approximate surface area is 141 Å². The minimum atomic E-state index is -3.96. The minimum Gasteiger partial charge on any atom is -0.295 e. The SMILES string of the molecule is CC(=O)c1cccc(S(=O)(=O)NC(=O)CCCc2ccccc2)c1. The molecule has 0 aliphatic rings. The van der Waals surface area contributed by atoms with Crippen molar-refractivity contribution >= 4 is 21.7 Å². The fourth-order valence-electron chi connectivity index (χ4n) is 2.24. The Balaban J connectivity index is 1.94. The first-order chi connectivity index (χ1) is 11.4. The van der Waals surface area contributed by atoms with Crippen molar-refractivity contribution in [3.8, 4) is 0 Å². The van der Waals surface area contributed by atoms with Gasteiger partial charge in [0.05, 0.1) is 4.90 Å². The summed E-state index contributed by atoms with van der Waals surface area (Å²) in [5.74, 6) is -0.791. The summed E-state index contributed by atoms with van der Waals surface area (Å²) in [6.45, 7) is 1.36. The van der Waals surface area contributed by atoms with Gasteiger partial charge in [-0.25, -0.2) is 13.1 Å². The molecule has 0 bridgehead atoms. The molecule has 0 saturated carbocycles. The third-order valence-corrected chi connectivity index (χ3v) is 4.88. The zero-order chi connectivity index (χ0) is 17.6. The lowest BCUT2D eigenvalue weighted by molar-refractivity contribution is -0.119. The number of carbonyl (C=O) groups is 2. The summed E-state index contributed by atoms with van der Waals surface area (Å²) in [6.07, 6.45) is 1.37. The van der Waals surface area contributed by atoms with Gasteiger partial charge in [-0.15, -0.1) is 0 Å². The molecule has 126 valence electrons. The highest BCUT2D eigenvalue weighted by molar-refractivity contribution is 7.90. The van der Waals surface area contributed by atoms with Crippen molar-refractivity contribution in [2.45, 2.75) is 31.1 Å². The molecular formula is C18H19NO4S. The molecule has 0 unspecified atom stereocenters. The molecule has 0 fully saturated rings. The highest BCUT2D eigenvalue weighted by Crippen LogP contribution is 2.12. The molecule has 6 heteroatoms. The first-order valence-corrected chi connectivity index (χ1v) is 9.07. The summed E-state index contributed by atoms with van der Waals surface area (Å²) in [7, 11) is -3.96. The fraction of sp³-hybridized carbons (Fsp3) is 0.222. The number of nitrogens with one attached hydrogen (secondary N) is 1. The molecule has 1 N–H and O–H groups in total. The summed E-state index contributed by atoms with van der Waals surface area (Å²) in [6, 6.07) is 15.3. The average Bonchev–Trinajstić information content (AvgIpc) is 2.55. The summed E-state index contributed by atoms with van der Waals surface area (Å²) < 4.78 is 26.5. The van der Waals surface area contributed by atoms with E-state index in [1.54, 1.807) is 0 Å². The van der Waals surface area contributed by atoms with Crippen molar-refractivity contribution < 1.29 is 18.0 Å². The third kappa shape index (κ3) is 5.03. The van der Waals surface area contributed by atoms with Crippen LogP contribution < -0.4 is 4.72 Å². The Morgan fingerprint density at radius 2 is 1.71 bits per heavy atom. The summed E-state index contributed by atoms with van der Waals surface area (Å²) in [5, 5.41) is 0. The van der Waals surface area contributed by atoms with Crippen molar-refractivity contribution in [1.29, 1.82) is 0 Å². The van der Waals surface area contributed by atoms with Crippen molar-refractivity contribution in [2.24, 2.45) is 0 Å². The van der Waals surface area contributed by atoms with Crippen LogP contribution in [0.1, 0.15) is 35.7 Å². The van der Waals surface area contributed by atoms with Crippen molar-refractivity contribution in [1.82, 2.24) is 4.72 Å². The molecule has 2 aromatic rings. The van der Waals surface area contributed by atoms with Crippen LogP contribution in [0.5, 0.6) is 0 Å². The minimum absolute atomic E-state index is 0.0911. The van der Waals surface area contributed by atoms with E-state index in [1.807, 2.05) is 35.1 Å². The summed E-state index contributed by atoms with van der Waals surface area (Å²) in [4.78, 5) is 23.1. The van der Waals surface area contributed by atoms with E-state index in [2.05, 4.69) is 0 Å². The van der Waals surface area contributed by atoms with Crippen LogP contribution >= 0.6 is 0 Å². The van der Waals surface area contributed by atoms with Crippen LogP contribution in [0.2, 0.25) is 0 Å². The first kappa shape index (κ1) is 17.9. The molecule has 0 atom stereocenters. The smallest absolute Gasteiger partial charge is 0.264 e. The summed E-state index contributed by atoms with van der Waals surface area (Å²) in [5.41, 5.74) is 1.39. The Morgan fingerprint density at radius 3 is 2.38 bits per heavy atom. The van der Waals surface area contributed by atoms with Gasteiger partial charge in [0.1, 0.15) is 0 Å². The lowest BCUT2D eigenvalue weighted by Crippen LogP contribution is -2.30. The maximum Gasteiger partial charge on any atom is 0.264 e. The fourth-order valence-corrected chi connectivity index (χ4v) is 3.30. The predicted molar refractivity (Wildman–Crippen MR) is 91.2 cm³/mol. The molecule has 0 spiro atoms. The highest BCUT2D eigenvalue weighted by Gasteiger charge is 2.18. The van der Waals surface area contributed by atoms with Crippen molar-refractivity contribution in [2.75, 3.05) is 0 Å². The molecule has 0 saturated heterocycles. The van der Waals surface area contributed by atoms with E-state index in [-0.39, 0.29) is 22.7 Å². The molecule has 0 aromatic heterocycles. The number of Topliss-reactive ketones (excluding diaryl/α,β-unsaturated/α-hetero) is 1. The number of carbonyl (C=O) groups excluding carboxylic acids is 2. The number of amides is 1. The molecule has 0 aliphatic heterocycles. The number of hydrogen-bond donors (Lipinski definition) is 1. The number of sulfonamides is 1. The zero-order valence-electron chi connectivity index (χ0n) is 13.4. The molecule has 0 radical (unpaired) electrons. The van der Waals surface area contributed by atoms with Gasteiger partial charge in [0.25, 0.3) is 10.0 Å². The first-order valence-electron chi connectivity index (χ1n) is 7.59. The molecule has 0 heterocycles. The Kier molecular flexibility index (Phi) is 5.87. The van der Waals surface area contributed by atoms with Gasteiger partial charge in [-0.2, -0.15) is 0 Å². The van der Waals surface area contributed by atoms with Crippen LogP contribution in [0.3, 0.4) is 0 Å². The highest BCUT2D eigenvalue weighted by atomic mass is 32.2. The molecule has 24 heavy (non-hydrogen) atoms. The largest absolute Gasteiger partial charge is 0.295 e. The molecular weight excluding hydrogens is 326 g/mol. The maximum absolute atomic E-state index is 12.2. The number of rotatable bonds is 7. The normalized spacial score (nSPS) is 11.0. The van der Waals surface area contributed by atoms with Crippen LogP contribution in [0.4, 0.5) is 0 Å². The monoisotopic (exact) mass is 345 g/mol.